The van der Waals surface area contributed by atoms with Gasteiger partial charge in [-0.1, -0.05) is 102 Å². The molecule has 0 unspecified atom stereocenters. The molecule has 3 N–H and O–H groups in total. The number of rotatable bonds is 11. The summed E-state index contributed by atoms with van der Waals surface area (Å²) in [5.74, 6) is -0.704. The van der Waals surface area contributed by atoms with Gasteiger partial charge in [-0.3, -0.25) is 9.59 Å². The number of amides is 1. The molecule has 1 amide bonds. The summed E-state index contributed by atoms with van der Waals surface area (Å²) in [6, 6.07) is 17.8. The van der Waals surface area contributed by atoms with E-state index in [1.165, 1.54) is 0 Å². The van der Waals surface area contributed by atoms with Gasteiger partial charge in [-0.25, -0.2) is 0 Å². The lowest BCUT2D eigenvalue weighted by Crippen LogP contribution is -2.55. The first-order chi connectivity index (χ1) is 15.6. The highest BCUT2D eigenvalue weighted by atomic mass is 28.4. The Kier molecular flexibility index (Phi) is 9.86. The minimum atomic E-state index is -2.44. The zero-order chi connectivity index (χ0) is 24.6. The van der Waals surface area contributed by atoms with Crippen LogP contribution in [0, 0.1) is 0 Å². The molecule has 0 saturated heterocycles. The summed E-state index contributed by atoms with van der Waals surface area (Å²) >= 11 is 0. The molecule has 180 valence electrons. The van der Waals surface area contributed by atoms with Crippen molar-refractivity contribution in [3.8, 4) is 0 Å². The van der Waals surface area contributed by atoms with Crippen LogP contribution in [0.1, 0.15) is 52.7 Å². The molecule has 0 radical (unpaired) electrons. The molecule has 0 aromatic heterocycles. The van der Waals surface area contributed by atoms with Crippen molar-refractivity contribution in [1.29, 1.82) is 0 Å². The van der Waals surface area contributed by atoms with Gasteiger partial charge in [0.1, 0.15) is 6.04 Å². The average Bonchev–Trinajstić information content (AvgIpc) is 2.77. The van der Waals surface area contributed by atoms with Crippen LogP contribution in [-0.2, 0) is 26.9 Å². The fourth-order valence-corrected chi connectivity index (χ4v) is 10.1. The molecule has 0 heterocycles. The van der Waals surface area contributed by atoms with Crippen molar-refractivity contribution in [3.05, 3.63) is 71.8 Å². The Morgan fingerprint density at radius 3 is 1.64 bits per heavy atom. The van der Waals surface area contributed by atoms with E-state index in [2.05, 4.69) is 46.9 Å². The van der Waals surface area contributed by atoms with E-state index in [1.54, 1.807) is 0 Å². The predicted octanol–water partition coefficient (Wildman–Crippen LogP) is 5.00. The van der Waals surface area contributed by atoms with Gasteiger partial charge in [0.2, 0.25) is 5.91 Å². The highest BCUT2D eigenvalue weighted by Crippen LogP contribution is 2.42. The zero-order valence-electron chi connectivity index (χ0n) is 20.9. The van der Waals surface area contributed by atoms with E-state index in [-0.39, 0.29) is 28.5 Å². The summed E-state index contributed by atoms with van der Waals surface area (Å²) in [5.41, 5.74) is 8.93. The van der Waals surface area contributed by atoms with E-state index in [4.69, 9.17) is 10.2 Å². The molecule has 0 fully saturated rings. The Balaban J connectivity index is 2.25. The molecule has 5 nitrogen and oxygen atoms in total. The van der Waals surface area contributed by atoms with E-state index in [0.29, 0.717) is 12.8 Å². The van der Waals surface area contributed by atoms with Gasteiger partial charge in [0.25, 0.3) is 8.32 Å². The minimum Gasteiger partial charge on any atom is -0.517 e. The smallest absolute Gasteiger partial charge is 0.315 e. The van der Waals surface area contributed by atoms with Gasteiger partial charge in [0.15, 0.2) is 0 Å². The van der Waals surface area contributed by atoms with Crippen LogP contribution in [0.25, 0.3) is 0 Å². The second-order valence-corrected chi connectivity index (χ2v) is 15.2. The maximum Gasteiger partial charge on any atom is 0.315 e. The molecule has 6 heteroatoms. The molecule has 0 spiro atoms. The van der Waals surface area contributed by atoms with Crippen LogP contribution in [0.3, 0.4) is 0 Å². The Hall–Kier alpha value is -2.44. The van der Waals surface area contributed by atoms with Crippen molar-refractivity contribution in [1.82, 2.24) is 5.32 Å². The van der Waals surface area contributed by atoms with Crippen LogP contribution in [-0.4, -0.2) is 32.3 Å². The van der Waals surface area contributed by atoms with Gasteiger partial charge in [0.05, 0.1) is 6.04 Å². The van der Waals surface area contributed by atoms with Crippen molar-refractivity contribution in [3.63, 3.8) is 0 Å². The highest BCUT2D eigenvalue weighted by molar-refractivity contribution is 6.79. The Morgan fingerprint density at radius 2 is 1.21 bits per heavy atom. The fourth-order valence-electron chi connectivity index (χ4n) is 4.88. The molecule has 0 aliphatic carbocycles. The SMILES string of the molecule is CC(C)[Si](OC(=O)[C@H](Cc1ccccc1)NC(=O)[C@@H](N)Cc1ccccc1)(C(C)C)C(C)C. The van der Waals surface area contributed by atoms with Crippen molar-refractivity contribution in [2.24, 2.45) is 5.73 Å². The van der Waals surface area contributed by atoms with E-state index in [0.717, 1.165) is 11.1 Å². The van der Waals surface area contributed by atoms with Crippen molar-refractivity contribution < 1.29 is 14.0 Å². The average molecular weight is 469 g/mol. The molecule has 2 aromatic carbocycles. The number of benzene rings is 2. The van der Waals surface area contributed by atoms with Crippen LogP contribution in [0.2, 0.25) is 16.6 Å². The number of nitrogens with two attached hydrogens (primary N) is 1. The van der Waals surface area contributed by atoms with Crippen molar-refractivity contribution >= 4 is 20.2 Å². The van der Waals surface area contributed by atoms with Crippen LogP contribution >= 0.6 is 0 Å². The number of nitrogens with one attached hydrogen (secondary N) is 1. The van der Waals surface area contributed by atoms with Crippen molar-refractivity contribution in [2.45, 2.75) is 83.1 Å². The summed E-state index contributed by atoms with van der Waals surface area (Å²) in [5, 5.41) is 2.91. The van der Waals surface area contributed by atoms with E-state index >= 15 is 0 Å². The van der Waals surface area contributed by atoms with Crippen LogP contribution in [0.4, 0.5) is 0 Å². The first-order valence-corrected chi connectivity index (χ1v) is 14.1. The first kappa shape index (κ1) is 26.8. The zero-order valence-corrected chi connectivity index (χ0v) is 21.9. The number of carbonyl (C=O) groups excluding carboxylic acids is 2. The van der Waals surface area contributed by atoms with Gasteiger partial charge >= 0.3 is 5.97 Å². The molecule has 33 heavy (non-hydrogen) atoms. The van der Waals surface area contributed by atoms with Gasteiger partial charge in [-0.15, -0.1) is 0 Å². The minimum absolute atomic E-state index is 0.259. The molecular weight excluding hydrogens is 428 g/mol. The third kappa shape index (κ3) is 7.02. The lowest BCUT2D eigenvalue weighted by Gasteiger charge is -2.42. The maximum atomic E-state index is 13.5. The standard InChI is InChI=1S/C27H40N2O3Si/c1-19(2)33(20(3)4,21(5)6)32-27(31)25(18-23-15-11-8-12-16-23)29-26(30)24(28)17-22-13-9-7-10-14-22/h7-16,19-21,24-25H,17-18,28H2,1-6H3,(H,29,30)/t24-,25-/m0/s1. The van der Waals surface area contributed by atoms with Crippen molar-refractivity contribution in [2.75, 3.05) is 0 Å². The summed E-state index contributed by atoms with van der Waals surface area (Å²) in [6.45, 7) is 12.8. The van der Waals surface area contributed by atoms with Gasteiger partial charge < -0.3 is 15.5 Å². The Morgan fingerprint density at radius 1 is 0.788 bits per heavy atom. The summed E-state index contributed by atoms with van der Waals surface area (Å²) in [6.07, 6.45) is 0.769. The molecule has 0 bridgehead atoms. The summed E-state index contributed by atoms with van der Waals surface area (Å²) in [4.78, 5) is 26.5. The topological polar surface area (TPSA) is 81.4 Å². The maximum absolute atomic E-state index is 13.5. The lowest BCUT2D eigenvalue weighted by atomic mass is 10.0. The number of hydrogen-bond acceptors (Lipinski definition) is 4. The van der Waals surface area contributed by atoms with Crippen LogP contribution in [0.15, 0.2) is 60.7 Å². The third-order valence-electron chi connectivity index (χ3n) is 6.50. The molecule has 2 atom stereocenters. The predicted molar refractivity (Wildman–Crippen MR) is 137 cm³/mol. The summed E-state index contributed by atoms with van der Waals surface area (Å²) < 4.78 is 6.40. The quantitative estimate of drug-likeness (QED) is 0.455. The number of carbonyl (C=O) groups is 2. The Labute approximate surface area is 200 Å². The second-order valence-electron chi connectivity index (χ2n) is 9.79. The Bertz CT molecular complexity index is 863. The normalized spacial score (nSPS) is 13.8. The van der Waals surface area contributed by atoms with Gasteiger partial charge in [-0.05, 0) is 34.2 Å². The van der Waals surface area contributed by atoms with E-state index < -0.39 is 20.4 Å². The monoisotopic (exact) mass is 468 g/mol. The number of hydrogen-bond donors (Lipinski definition) is 2. The van der Waals surface area contributed by atoms with Gasteiger partial charge in [0, 0.05) is 6.42 Å². The molecule has 2 aromatic rings. The van der Waals surface area contributed by atoms with Crippen LogP contribution < -0.4 is 11.1 Å². The van der Waals surface area contributed by atoms with Crippen LogP contribution in [0.5, 0.6) is 0 Å². The van der Waals surface area contributed by atoms with E-state index in [1.807, 2.05) is 60.7 Å². The third-order valence-corrected chi connectivity index (χ3v) is 12.5. The second kappa shape index (κ2) is 12.1. The molecular formula is C27H40N2O3Si. The molecule has 0 aliphatic heterocycles. The highest BCUT2D eigenvalue weighted by Gasteiger charge is 2.49. The fraction of sp³-hybridized carbons (Fsp3) is 0.481. The van der Waals surface area contributed by atoms with Gasteiger partial charge in [-0.2, -0.15) is 0 Å². The largest absolute Gasteiger partial charge is 0.517 e. The molecule has 0 saturated carbocycles. The van der Waals surface area contributed by atoms with E-state index in [9.17, 15) is 9.59 Å². The summed E-state index contributed by atoms with van der Waals surface area (Å²) in [7, 11) is -2.44. The molecule has 0 aliphatic rings. The first-order valence-electron chi connectivity index (χ1n) is 11.9. The molecule has 2 rings (SSSR count). The lowest BCUT2D eigenvalue weighted by molar-refractivity contribution is -0.140.